The molecule has 1 fully saturated rings. The van der Waals surface area contributed by atoms with E-state index in [1.165, 1.54) is 6.07 Å². The predicted octanol–water partition coefficient (Wildman–Crippen LogP) is 3.46. The van der Waals surface area contributed by atoms with Gasteiger partial charge in [0.05, 0.1) is 0 Å². The van der Waals surface area contributed by atoms with Crippen molar-refractivity contribution in [3.05, 3.63) is 47.8 Å². The van der Waals surface area contributed by atoms with Crippen molar-refractivity contribution in [1.29, 1.82) is 0 Å². The Balaban J connectivity index is 2.06. The molecule has 0 radical (unpaired) electrons. The zero-order valence-electron chi connectivity index (χ0n) is 10.9. The van der Waals surface area contributed by atoms with Crippen LogP contribution in [-0.4, -0.2) is 23.9 Å². The van der Waals surface area contributed by atoms with Crippen LogP contribution in [0.3, 0.4) is 0 Å². The van der Waals surface area contributed by atoms with Gasteiger partial charge in [0.25, 0.3) is 5.91 Å². The number of hydrogen-bond donors (Lipinski definition) is 0. The first-order chi connectivity index (χ1) is 9.16. The first kappa shape index (κ1) is 12.2. The Hall–Kier alpha value is -1.90. The van der Waals surface area contributed by atoms with E-state index in [9.17, 15) is 9.18 Å². The van der Waals surface area contributed by atoms with Crippen LogP contribution in [0.2, 0.25) is 0 Å². The van der Waals surface area contributed by atoms with E-state index in [1.807, 2.05) is 17.0 Å². The fourth-order valence-electron chi connectivity index (χ4n) is 2.74. The van der Waals surface area contributed by atoms with Crippen LogP contribution in [-0.2, 0) is 0 Å². The highest BCUT2D eigenvalue weighted by molar-refractivity contribution is 6.07. The first-order valence-corrected chi connectivity index (χ1v) is 6.63. The molecule has 1 unspecified atom stereocenters. The van der Waals surface area contributed by atoms with Gasteiger partial charge in [-0.15, -0.1) is 0 Å². The molecule has 0 N–H and O–H groups in total. The smallest absolute Gasteiger partial charge is 0.254 e. The summed E-state index contributed by atoms with van der Waals surface area (Å²) in [6.07, 6.45) is 1.05. The summed E-state index contributed by atoms with van der Waals surface area (Å²) >= 11 is 0. The largest absolute Gasteiger partial charge is 0.338 e. The van der Waals surface area contributed by atoms with Crippen molar-refractivity contribution in [1.82, 2.24) is 4.90 Å². The zero-order chi connectivity index (χ0) is 13.4. The van der Waals surface area contributed by atoms with E-state index in [0.717, 1.165) is 19.5 Å². The SMILES string of the molecule is CC1CCN(C(=O)c2ccc(F)c3ccccc23)C1. The lowest BCUT2D eigenvalue weighted by atomic mass is 10.0. The Labute approximate surface area is 111 Å². The van der Waals surface area contributed by atoms with Crippen LogP contribution >= 0.6 is 0 Å². The van der Waals surface area contributed by atoms with Crippen molar-refractivity contribution in [2.75, 3.05) is 13.1 Å². The number of fused-ring (bicyclic) bond motifs is 1. The van der Waals surface area contributed by atoms with E-state index >= 15 is 0 Å². The molecule has 3 heteroatoms. The predicted molar refractivity (Wildman–Crippen MR) is 73.6 cm³/mol. The molecule has 2 aromatic carbocycles. The number of carbonyl (C=O) groups is 1. The second kappa shape index (κ2) is 4.65. The molecule has 1 aliphatic rings. The molecule has 1 saturated heterocycles. The summed E-state index contributed by atoms with van der Waals surface area (Å²) in [5.74, 6) is 0.290. The van der Waals surface area contributed by atoms with E-state index in [1.54, 1.807) is 18.2 Å². The van der Waals surface area contributed by atoms with E-state index in [-0.39, 0.29) is 11.7 Å². The van der Waals surface area contributed by atoms with Crippen molar-refractivity contribution >= 4 is 16.7 Å². The molecule has 0 bridgehead atoms. The maximum absolute atomic E-state index is 13.7. The maximum Gasteiger partial charge on any atom is 0.254 e. The number of hydrogen-bond acceptors (Lipinski definition) is 1. The van der Waals surface area contributed by atoms with E-state index < -0.39 is 0 Å². The van der Waals surface area contributed by atoms with Gasteiger partial charge in [-0.25, -0.2) is 4.39 Å². The molecule has 0 spiro atoms. The normalized spacial score (nSPS) is 19.1. The number of likely N-dealkylation sites (tertiary alicyclic amines) is 1. The quantitative estimate of drug-likeness (QED) is 0.766. The summed E-state index contributed by atoms with van der Waals surface area (Å²) in [5, 5.41) is 1.22. The molecule has 98 valence electrons. The Morgan fingerprint density at radius 3 is 2.63 bits per heavy atom. The van der Waals surface area contributed by atoms with Crippen molar-refractivity contribution in [3.63, 3.8) is 0 Å². The van der Waals surface area contributed by atoms with E-state index in [0.29, 0.717) is 22.3 Å². The molecule has 1 aliphatic heterocycles. The average Bonchev–Trinajstić information content (AvgIpc) is 2.86. The number of rotatable bonds is 1. The van der Waals surface area contributed by atoms with Gasteiger partial charge in [-0.05, 0) is 29.9 Å². The monoisotopic (exact) mass is 257 g/mol. The third-order valence-electron chi connectivity index (χ3n) is 3.81. The van der Waals surface area contributed by atoms with Crippen molar-refractivity contribution in [3.8, 4) is 0 Å². The Morgan fingerprint density at radius 2 is 1.95 bits per heavy atom. The number of benzene rings is 2. The molecule has 0 aromatic heterocycles. The Morgan fingerprint density at radius 1 is 1.21 bits per heavy atom. The molecule has 0 saturated carbocycles. The standard InChI is InChI=1S/C16H16FNO/c1-11-8-9-18(10-11)16(19)14-6-7-15(17)13-5-3-2-4-12(13)14/h2-7,11H,8-10H2,1H3. The summed E-state index contributed by atoms with van der Waals surface area (Å²) in [6, 6.07) is 10.1. The molecule has 0 aliphatic carbocycles. The number of halogens is 1. The summed E-state index contributed by atoms with van der Waals surface area (Å²) in [6.45, 7) is 3.74. The van der Waals surface area contributed by atoms with E-state index in [2.05, 4.69) is 6.92 Å². The fourth-order valence-corrected chi connectivity index (χ4v) is 2.74. The van der Waals surface area contributed by atoms with Crippen molar-refractivity contribution < 1.29 is 9.18 Å². The third kappa shape index (κ3) is 2.09. The van der Waals surface area contributed by atoms with Crippen LogP contribution in [0.1, 0.15) is 23.7 Å². The second-order valence-electron chi connectivity index (χ2n) is 5.29. The third-order valence-corrected chi connectivity index (χ3v) is 3.81. The summed E-state index contributed by atoms with van der Waals surface area (Å²) < 4.78 is 13.7. The summed E-state index contributed by atoms with van der Waals surface area (Å²) in [5.41, 5.74) is 0.603. The second-order valence-corrected chi connectivity index (χ2v) is 5.29. The summed E-state index contributed by atoms with van der Waals surface area (Å²) in [4.78, 5) is 14.4. The van der Waals surface area contributed by atoms with Crippen LogP contribution in [0.25, 0.3) is 10.8 Å². The minimum Gasteiger partial charge on any atom is -0.338 e. The minimum atomic E-state index is -0.276. The minimum absolute atomic E-state index is 0.0144. The van der Waals surface area contributed by atoms with Crippen LogP contribution in [0.5, 0.6) is 0 Å². The highest BCUT2D eigenvalue weighted by Gasteiger charge is 2.25. The van der Waals surface area contributed by atoms with Gasteiger partial charge < -0.3 is 4.90 Å². The fraction of sp³-hybridized carbons (Fsp3) is 0.312. The lowest BCUT2D eigenvalue weighted by Gasteiger charge is -2.17. The topological polar surface area (TPSA) is 20.3 Å². The first-order valence-electron chi connectivity index (χ1n) is 6.63. The van der Waals surface area contributed by atoms with Gasteiger partial charge in [-0.2, -0.15) is 0 Å². The number of nitrogens with zero attached hydrogens (tertiary/aromatic N) is 1. The number of carbonyl (C=O) groups excluding carboxylic acids is 1. The molecule has 1 atom stereocenters. The van der Waals surface area contributed by atoms with Crippen LogP contribution in [0.15, 0.2) is 36.4 Å². The molecule has 1 heterocycles. The van der Waals surface area contributed by atoms with E-state index in [4.69, 9.17) is 0 Å². The van der Waals surface area contributed by atoms with Crippen molar-refractivity contribution in [2.45, 2.75) is 13.3 Å². The molecule has 2 nitrogen and oxygen atoms in total. The molecular weight excluding hydrogens is 241 g/mol. The zero-order valence-corrected chi connectivity index (χ0v) is 10.9. The lowest BCUT2D eigenvalue weighted by molar-refractivity contribution is 0.0790. The Kier molecular flexibility index (Phi) is 2.97. The molecule has 1 amide bonds. The van der Waals surface area contributed by atoms with Gasteiger partial charge in [-0.1, -0.05) is 31.2 Å². The van der Waals surface area contributed by atoms with Crippen LogP contribution in [0.4, 0.5) is 4.39 Å². The highest BCUT2D eigenvalue weighted by Crippen LogP contribution is 2.25. The van der Waals surface area contributed by atoms with Gasteiger partial charge in [-0.3, -0.25) is 4.79 Å². The average molecular weight is 257 g/mol. The van der Waals surface area contributed by atoms with Gasteiger partial charge in [0.1, 0.15) is 5.82 Å². The molecule has 3 rings (SSSR count). The van der Waals surface area contributed by atoms with Gasteiger partial charge in [0.15, 0.2) is 0 Å². The van der Waals surface area contributed by atoms with Crippen LogP contribution < -0.4 is 0 Å². The molecule has 2 aromatic rings. The maximum atomic E-state index is 13.7. The van der Waals surface area contributed by atoms with Gasteiger partial charge in [0.2, 0.25) is 0 Å². The lowest BCUT2D eigenvalue weighted by Crippen LogP contribution is -2.28. The molecular formula is C16H16FNO. The van der Waals surface area contributed by atoms with Crippen molar-refractivity contribution in [2.24, 2.45) is 5.92 Å². The Bertz CT molecular complexity index is 638. The molecule has 19 heavy (non-hydrogen) atoms. The van der Waals surface area contributed by atoms with Gasteiger partial charge >= 0.3 is 0 Å². The van der Waals surface area contributed by atoms with Gasteiger partial charge in [0, 0.05) is 24.0 Å². The highest BCUT2D eigenvalue weighted by atomic mass is 19.1. The number of amides is 1. The van der Waals surface area contributed by atoms with Crippen LogP contribution in [0, 0.1) is 11.7 Å². The summed E-state index contributed by atoms with van der Waals surface area (Å²) in [7, 11) is 0.